The van der Waals surface area contributed by atoms with Gasteiger partial charge in [-0.3, -0.25) is 4.68 Å². The first-order chi connectivity index (χ1) is 9.38. The Hall–Kier alpha value is -1.62. The molecule has 20 heavy (non-hydrogen) atoms. The molecule has 0 N–H and O–H groups in total. The number of nitrogens with zero attached hydrogens (tertiary/aromatic N) is 2. The van der Waals surface area contributed by atoms with Gasteiger partial charge in [0, 0.05) is 6.20 Å². The average Bonchev–Trinajstić information content (AvgIpc) is 2.79. The third-order valence-corrected chi connectivity index (χ3v) is 3.37. The summed E-state index contributed by atoms with van der Waals surface area (Å²) in [5.41, 5.74) is 1.22. The number of hydrogen-bond donors (Lipinski definition) is 0. The smallest absolute Gasteiger partial charge is 0.342 e. The second-order valence-electron chi connectivity index (χ2n) is 5.51. The summed E-state index contributed by atoms with van der Waals surface area (Å²) in [5, 5.41) is 4.29. The number of ether oxygens (including phenoxy) is 1. The average molecular weight is 337 g/mol. The van der Waals surface area contributed by atoms with Crippen LogP contribution in [0.25, 0.3) is 0 Å². The molecule has 0 radical (unpaired) electrons. The van der Waals surface area contributed by atoms with Crippen molar-refractivity contribution < 1.29 is 9.53 Å². The summed E-state index contributed by atoms with van der Waals surface area (Å²) in [5.74, 6) is -0.378. The van der Waals surface area contributed by atoms with Crippen molar-refractivity contribution in [3.8, 4) is 0 Å². The van der Waals surface area contributed by atoms with Crippen LogP contribution in [0.4, 0.5) is 0 Å². The molecule has 0 aliphatic heterocycles. The van der Waals surface area contributed by atoms with Crippen molar-refractivity contribution in [2.24, 2.45) is 0 Å². The van der Waals surface area contributed by atoms with Gasteiger partial charge < -0.3 is 4.74 Å². The van der Waals surface area contributed by atoms with Crippen molar-refractivity contribution >= 4 is 21.9 Å². The van der Waals surface area contributed by atoms with Gasteiger partial charge in [-0.15, -0.1) is 0 Å². The molecule has 0 spiro atoms. The molecule has 0 aliphatic rings. The van der Waals surface area contributed by atoms with Gasteiger partial charge in [0.25, 0.3) is 0 Å². The lowest BCUT2D eigenvalue weighted by Gasteiger charge is -2.18. The summed E-state index contributed by atoms with van der Waals surface area (Å²) in [6, 6.07) is 9.59. The first kappa shape index (κ1) is 14.8. The normalized spacial score (nSPS) is 11.4. The van der Waals surface area contributed by atoms with Gasteiger partial charge in [0.05, 0.1) is 5.54 Å². The highest BCUT2D eigenvalue weighted by molar-refractivity contribution is 9.10. The largest absolute Gasteiger partial charge is 0.457 e. The predicted molar refractivity (Wildman–Crippen MR) is 80.5 cm³/mol. The SMILES string of the molecule is CC(C)(C)n1cc(C(=O)OCc2ccccc2)c(Br)n1. The first-order valence-corrected chi connectivity index (χ1v) is 7.14. The van der Waals surface area contributed by atoms with E-state index in [2.05, 4.69) is 21.0 Å². The summed E-state index contributed by atoms with van der Waals surface area (Å²) >= 11 is 3.30. The first-order valence-electron chi connectivity index (χ1n) is 6.34. The molecule has 0 unspecified atom stereocenters. The molecule has 0 aliphatic carbocycles. The van der Waals surface area contributed by atoms with Crippen LogP contribution in [0.1, 0.15) is 36.7 Å². The molecule has 1 heterocycles. The topological polar surface area (TPSA) is 44.1 Å². The van der Waals surface area contributed by atoms with Crippen molar-refractivity contribution in [1.29, 1.82) is 0 Å². The number of carbonyl (C=O) groups excluding carboxylic acids is 1. The minimum absolute atomic E-state index is 0.180. The van der Waals surface area contributed by atoms with E-state index in [0.29, 0.717) is 10.2 Å². The summed E-state index contributed by atoms with van der Waals surface area (Å²) in [4.78, 5) is 12.1. The number of benzene rings is 1. The zero-order chi connectivity index (χ0) is 14.8. The van der Waals surface area contributed by atoms with Crippen LogP contribution in [0.5, 0.6) is 0 Å². The van der Waals surface area contributed by atoms with Gasteiger partial charge in [-0.05, 0) is 42.3 Å². The number of esters is 1. The quantitative estimate of drug-likeness (QED) is 0.801. The maximum absolute atomic E-state index is 12.1. The number of aromatic nitrogens is 2. The van der Waals surface area contributed by atoms with Crippen LogP contribution in [0.15, 0.2) is 41.1 Å². The molecule has 0 bridgehead atoms. The van der Waals surface area contributed by atoms with Crippen LogP contribution in [0, 0.1) is 0 Å². The molecule has 2 aromatic rings. The fourth-order valence-corrected chi connectivity index (χ4v) is 2.07. The van der Waals surface area contributed by atoms with Crippen LogP contribution in [-0.2, 0) is 16.9 Å². The van der Waals surface area contributed by atoms with E-state index in [1.54, 1.807) is 10.9 Å². The second kappa shape index (κ2) is 5.79. The highest BCUT2D eigenvalue weighted by atomic mass is 79.9. The highest BCUT2D eigenvalue weighted by Gasteiger charge is 2.21. The number of halogens is 1. The molecule has 106 valence electrons. The Bertz CT molecular complexity index is 600. The monoisotopic (exact) mass is 336 g/mol. The Morgan fingerprint density at radius 2 is 1.95 bits per heavy atom. The van der Waals surface area contributed by atoms with Crippen molar-refractivity contribution in [1.82, 2.24) is 9.78 Å². The Balaban J connectivity index is 2.08. The molecule has 0 saturated heterocycles. The molecule has 4 nitrogen and oxygen atoms in total. The van der Waals surface area contributed by atoms with Gasteiger partial charge in [-0.25, -0.2) is 4.79 Å². The standard InChI is InChI=1S/C15H17BrN2O2/c1-15(2,3)18-9-12(13(16)17-18)14(19)20-10-11-7-5-4-6-8-11/h4-9H,10H2,1-3H3. The van der Waals surface area contributed by atoms with E-state index < -0.39 is 0 Å². The zero-order valence-electron chi connectivity index (χ0n) is 11.8. The van der Waals surface area contributed by atoms with Crippen molar-refractivity contribution in [2.75, 3.05) is 0 Å². The Kier molecular flexibility index (Phi) is 4.28. The zero-order valence-corrected chi connectivity index (χ0v) is 13.3. The number of rotatable bonds is 3. The van der Waals surface area contributed by atoms with Crippen LogP contribution in [-0.4, -0.2) is 15.7 Å². The van der Waals surface area contributed by atoms with E-state index in [0.717, 1.165) is 5.56 Å². The van der Waals surface area contributed by atoms with Gasteiger partial charge in [-0.2, -0.15) is 5.10 Å². The highest BCUT2D eigenvalue weighted by Crippen LogP contribution is 2.21. The van der Waals surface area contributed by atoms with Gasteiger partial charge in [-0.1, -0.05) is 30.3 Å². The van der Waals surface area contributed by atoms with Gasteiger partial charge >= 0.3 is 5.97 Å². The molecule has 1 aromatic heterocycles. The molecule has 0 atom stereocenters. The third-order valence-electron chi connectivity index (χ3n) is 2.79. The fourth-order valence-electron chi connectivity index (χ4n) is 1.63. The maximum Gasteiger partial charge on any atom is 0.342 e. The lowest BCUT2D eigenvalue weighted by atomic mass is 10.1. The van der Waals surface area contributed by atoms with E-state index in [-0.39, 0.29) is 18.1 Å². The van der Waals surface area contributed by atoms with E-state index in [1.165, 1.54) is 0 Å². The summed E-state index contributed by atoms with van der Waals surface area (Å²) in [6.07, 6.45) is 1.71. The molecule has 2 rings (SSSR count). The molecule has 0 amide bonds. The fraction of sp³-hybridized carbons (Fsp3) is 0.333. The van der Waals surface area contributed by atoms with Crippen LogP contribution in [0.2, 0.25) is 0 Å². The van der Waals surface area contributed by atoms with E-state index in [4.69, 9.17) is 4.74 Å². The molecule has 0 fully saturated rings. The Morgan fingerprint density at radius 3 is 2.50 bits per heavy atom. The van der Waals surface area contributed by atoms with Gasteiger partial charge in [0.1, 0.15) is 16.8 Å². The summed E-state index contributed by atoms with van der Waals surface area (Å²) < 4.78 is 7.55. The molecule has 0 saturated carbocycles. The van der Waals surface area contributed by atoms with Crippen molar-refractivity contribution in [3.05, 3.63) is 52.3 Å². The van der Waals surface area contributed by atoms with Crippen molar-refractivity contribution in [3.63, 3.8) is 0 Å². The lowest BCUT2D eigenvalue weighted by Crippen LogP contribution is -2.22. The Morgan fingerprint density at radius 1 is 1.30 bits per heavy atom. The van der Waals surface area contributed by atoms with E-state index in [9.17, 15) is 4.79 Å². The van der Waals surface area contributed by atoms with E-state index >= 15 is 0 Å². The molecule has 5 heteroatoms. The molecule has 1 aromatic carbocycles. The number of hydrogen-bond acceptors (Lipinski definition) is 3. The summed E-state index contributed by atoms with van der Waals surface area (Å²) in [6.45, 7) is 6.31. The molecular weight excluding hydrogens is 320 g/mol. The van der Waals surface area contributed by atoms with Gasteiger partial charge in [0.15, 0.2) is 0 Å². The minimum Gasteiger partial charge on any atom is -0.457 e. The minimum atomic E-state index is -0.378. The lowest BCUT2D eigenvalue weighted by molar-refractivity contribution is 0.0471. The van der Waals surface area contributed by atoms with Gasteiger partial charge in [0.2, 0.25) is 0 Å². The summed E-state index contributed by atoms with van der Waals surface area (Å²) in [7, 11) is 0. The third kappa shape index (κ3) is 3.48. The van der Waals surface area contributed by atoms with Crippen LogP contribution < -0.4 is 0 Å². The molecular formula is C15H17BrN2O2. The predicted octanol–water partition coefficient (Wildman–Crippen LogP) is 3.76. The second-order valence-corrected chi connectivity index (χ2v) is 6.26. The van der Waals surface area contributed by atoms with E-state index in [1.807, 2.05) is 51.1 Å². The Labute approximate surface area is 126 Å². The maximum atomic E-state index is 12.1. The van der Waals surface area contributed by atoms with Crippen LogP contribution in [0.3, 0.4) is 0 Å². The van der Waals surface area contributed by atoms with Crippen LogP contribution >= 0.6 is 15.9 Å². The number of carbonyl (C=O) groups is 1. The van der Waals surface area contributed by atoms with Crippen molar-refractivity contribution in [2.45, 2.75) is 32.9 Å².